The van der Waals surface area contributed by atoms with Gasteiger partial charge in [-0.05, 0) is 24.1 Å². The zero-order valence-electron chi connectivity index (χ0n) is 14.0. The molecule has 5 nitrogen and oxygen atoms in total. The van der Waals surface area contributed by atoms with E-state index in [4.69, 9.17) is 0 Å². The summed E-state index contributed by atoms with van der Waals surface area (Å²) in [6, 6.07) is 15.8. The van der Waals surface area contributed by atoms with Crippen molar-refractivity contribution in [3.63, 3.8) is 0 Å². The van der Waals surface area contributed by atoms with Gasteiger partial charge in [0, 0.05) is 11.9 Å². The maximum atomic E-state index is 10.7. The highest BCUT2D eigenvalue weighted by atomic mass is 32.1. The fourth-order valence-electron chi connectivity index (χ4n) is 2.92. The van der Waals surface area contributed by atoms with E-state index >= 15 is 0 Å². The molecule has 0 radical (unpaired) electrons. The molecule has 126 valence electrons. The van der Waals surface area contributed by atoms with Gasteiger partial charge in [0.2, 0.25) is 11.0 Å². The van der Waals surface area contributed by atoms with Crippen LogP contribution in [0.5, 0.6) is 5.88 Å². The molecule has 0 aliphatic carbocycles. The van der Waals surface area contributed by atoms with Crippen molar-refractivity contribution in [3.8, 4) is 5.88 Å². The van der Waals surface area contributed by atoms with Crippen LogP contribution in [0.15, 0.2) is 58.8 Å². The van der Waals surface area contributed by atoms with E-state index in [1.165, 1.54) is 11.3 Å². The van der Waals surface area contributed by atoms with Crippen LogP contribution >= 0.6 is 11.3 Å². The second-order valence-corrected chi connectivity index (χ2v) is 7.37. The molecular weight excluding hydrogens is 332 g/mol. The molecule has 0 spiro atoms. The Morgan fingerprint density at radius 3 is 2.64 bits per heavy atom. The Labute approximate surface area is 149 Å². The van der Waals surface area contributed by atoms with Crippen LogP contribution in [0.25, 0.3) is 21.1 Å². The van der Waals surface area contributed by atoms with Gasteiger partial charge >= 0.3 is 0 Å². The molecule has 0 atom stereocenters. The van der Waals surface area contributed by atoms with Crippen molar-refractivity contribution < 1.29 is 5.11 Å². The van der Waals surface area contributed by atoms with Gasteiger partial charge < -0.3 is 9.67 Å². The first-order chi connectivity index (χ1) is 12.1. The average Bonchev–Trinajstić information content (AvgIpc) is 3.13. The van der Waals surface area contributed by atoms with Gasteiger partial charge in [-0.25, -0.2) is 4.98 Å². The molecule has 1 N–H and O–H groups in total. The van der Waals surface area contributed by atoms with Gasteiger partial charge in [0.25, 0.3) is 0 Å². The number of aromatic nitrogens is 2. The number of rotatable bonds is 4. The maximum absolute atomic E-state index is 10.7. The largest absolute Gasteiger partial charge is 0.493 e. The number of nitrogens with zero attached hydrogens (tertiary/aromatic N) is 4. The molecule has 0 aliphatic rings. The SMILES string of the molecule is CC(C)Cn1c(O)c(N=Nc2nc3ccccc3s2)c2ccccc21. The second kappa shape index (κ2) is 6.29. The molecule has 2 heterocycles. The molecule has 0 saturated carbocycles. The first-order valence-electron chi connectivity index (χ1n) is 8.21. The summed E-state index contributed by atoms with van der Waals surface area (Å²) in [5.41, 5.74) is 2.37. The summed E-state index contributed by atoms with van der Waals surface area (Å²) >= 11 is 1.49. The predicted molar refractivity (Wildman–Crippen MR) is 102 cm³/mol. The molecule has 4 rings (SSSR count). The van der Waals surface area contributed by atoms with Crippen molar-refractivity contribution >= 4 is 43.3 Å². The number of hydrogen-bond donors (Lipinski definition) is 1. The Kier molecular flexibility index (Phi) is 3.97. The molecule has 6 heteroatoms. The number of hydrogen-bond acceptors (Lipinski definition) is 5. The van der Waals surface area contributed by atoms with E-state index < -0.39 is 0 Å². The van der Waals surface area contributed by atoms with Gasteiger partial charge in [0.1, 0.15) is 0 Å². The zero-order valence-corrected chi connectivity index (χ0v) is 14.9. The normalized spacial score (nSPS) is 12.1. The van der Waals surface area contributed by atoms with Gasteiger partial charge in [-0.2, -0.15) is 0 Å². The van der Waals surface area contributed by atoms with Crippen LogP contribution in [0.1, 0.15) is 13.8 Å². The van der Waals surface area contributed by atoms with Gasteiger partial charge in [0.05, 0.1) is 15.7 Å². The monoisotopic (exact) mass is 350 g/mol. The molecule has 0 bridgehead atoms. The Balaban J connectivity index is 1.79. The Morgan fingerprint density at radius 2 is 1.84 bits per heavy atom. The summed E-state index contributed by atoms with van der Waals surface area (Å²) in [7, 11) is 0. The topological polar surface area (TPSA) is 62.8 Å². The highest BCUT2D eigenvalue weighted by Crippen LogP contribution is 2.40. The van der Waals surface area contributed by atoms with E-state index in [-0.39, 0.29) is 5.88 Å². The molecule has 0 amide bonds. The summed E-state index contributed by atoms with van der Waals surface area (Å²) in [4.78, 5) is 4.46. The molecule has 0 saturated heterocycles. The van der Waals surface area contributed by atoms with E-state index in [1.807, 2.05) is 53.1 Å². The molecule has 0 unspecified atom stereocenters. The lowest BCUT2D eigenvalue weighted by Crippen LogP contribution is -2.03. The minimum Gasteiger partial charge on any atom is -0.493 e. The highest BCUT2D eigenvalue weighted by molar-refractivity contribution is 7.21. The van der Waals surface area contributed by atoms with E-state index in [0.717, 1.165) is 27.7 Å². The fraction of sp³-hybridized carbons (Fsp3) is 0.211. The second-order valence-electron chi connectivity index (χ2n) is 6.36. The number of aromatic hydroxyl groups is 1. The number of thiazole rings is 1. The summed E-state index contributed by atoms with van der Waals surface area (Å²) in [5.74, 6) is 0.565. The lowest BCUT2D eigenvalue weighted by Gasteiger charge is -2.09. The Morgan fingerprint density at radius 1 is 1.08 bits per heavy atom. The van der Waals surface area contributed by atoms with Crippen molar-refractivity contribution in [2.45, 2.75) is 20.4 Å². The van der Waals surface area contributed by atoms with Crippen LogP contribution in [0.3, 0.4) is 0 Å². The van der Waals surface area contributed by atoms with Crippen LogP contribution in [-0.2, 0) is 6.54 Å². The van der Waals surface area contributed by atoms with Crippen LogP contribution in [-0.4, -0.2) is 14.7 Å². The first-order valence-corrected chi connectivity index (χ1v) is 9.02. The third-order valence-corrected chi connectivity index (χ3v) is 4.90. The van der Waals surface area contributed by atoms with E-state index in [1.54, 1.807) is 0 Å². The summed E-state index contributed by atoms with van der Waals surface area (Å²) in [6.45, 7) is 4.97. The van der Waals surface area contributed by atoms with Crippen molar-refractivity contribution in [2.75, 3.05) is 0 Å². The van der Waals surface area contributed by atoms with Crippen molar-refractivity contribution in [2.24, 2.45) is 16.1 Å². The standard InChI is InChI=1S/C19H18N4OS/c1-12(2)11-23-15-9-5-3-7-13(15)17(18(23)24)21-22-19-20-14-8-4-6-10-16(14)25-19/h3-10,12,24H,11H2,1-2H3. The third kappa shape index (κ3) is 2.89. The average molecular weight is 350 g/mol. The highest BCUT2D eigenvalue weighted by Gasteiger charge is 2.17. The Hall–Kier alpha value is -2.73. The smallest absolute Gasteiger partial charge is 0.231 e. The molecule has 4 aromatic rings. The summed E-state index contributed by atoms with van der Waals surface area (Å²) in [5, 5.41) is 20.8. The zero-order chi connectivity index (χ0) is 17.4. The number of fused-ring (bicyclic) bond motifs is 2. The minimum atomic E-state index is 0.153. The van der Waals surface area contributed by atoms with Crippen LogP contribution in [0.4, 0.5) is 10.8 Å². The van der Waals surface area contributed by atoms with E-state index in [0.29, 0.717) is 16.7 Å². The van der Waals surface area contributed by atoms with Crippen LogP contribution in [0, 0.1) is 5.92 Å². The lowest BCUT2D eigenvalue weighted by atomic mass is 10.2. The van der Waals surface area contributed by atoms with Crippen molar-refractivity contribution in [1.29, 1.82) is 0 Å². The molecule has 0 aliphatic heterocycles. The maximum Gasteiger partial charge on any atom is 0.231 e. The van der Waals surface area contributed by atoms with Gasteiger partial charge in [0.15, 0.2) is 5.69 Å². The first kappa shape index (κ1) is 15.8. The molecule has 2 aromatic heterocycles. The van der Waals surface area contributed by atoms with Crippen molar-refractivity contribution in [3.05, 3.63) is 48.5 Å². The molecular formula is C19H18N4OS. The number of benzene rings is 2. The number of azo groups is 1. The van der Waals surface area contributed by atoms with Gasteiger partial charge in [-0.3, -0.25) is 0 Å². The third-order valence-electron chi connectivity index (χ3n) is 3.98. The summed E-state index contributed by atoms with van der Waals surface area (Å²) in [6.07, 6.45) is 0. The van der Waals surface area contributed by atoms with Gasteiger partial charge in [-0.1, -0.05) is 55.5 Å². The predicted octanol–water partition coefficient (Wildman–Crippen LogP) is 6.03. The van der Waals surface area contributed by atoms with Crippen LogP contribution < -0.4 is 0 Å². The van der Waals surface area contributed by atoms with E-state index in [2.05, 4.69) is 29.1 Å². The van der Waals surface area contributed by atoms with Crippen LogP contribution in [0.2, 0.25) is 0 Å². The lowest BCUT2D eigenvalue weighted by molar-refractivity contribution is 0.401. The Bertz CT molecular complexity index is 1040. The summed E-state index contributed by atoms with van der Waals surface area (Å²) < 4.78 is 2.97. The molecule has 0 fully saturated rings. The van der Waals surface area contributed by atoms with E-state index in [9.17, 15) is 5.11 Å². The fourth-order valence-corrected chi connectivity index (χ4v) is 3.70. The number of para-hydroxylation sites is 2. The quantitative estimate of drug-likeness (QED) is 0.457. The molecule has 2 aromatic carbocycles. The van der Waals surface area contributed by atoms with Crippen molar-refractivity contribution in [1.82, 2.24) is 9.55 Å². The minimum absolute atomic E-state index is 0.153. The van der Waals surface area contributed by atoms with Gasteiger partial charge in [-0.15, -0.1) is 10.2 Å². The molecule has 25 heavy (non-hydrogen) atoms.